The summed E-state index contributed by atoms with van der Waals surface area (Å²) in [5.74, 6) is -0.161. The number of methoxy groups -OCH3 is 1. The van der Waals surface area contributed by atoms with Crippen molar-refractivity contribution < 1.29 is 19.1 Å². The van der Waals surface area contributed by atoms with E-state index >= 15 is 0 Å². The van der Waals surface area contributed by atoms with Gasteiger partial charge in [-0.1, -0.05) is 6.08 Å². The van der Waals surface area contributed by atoms with E-state index < -0.39 is 17.7 Å². The number of nitrogens with zero attached hydrogens (tertiary/aromatic N) is 1. The highest BCUT2D eigenvalue weighted by atomic mass is 16.6. The third-order valence-corrected chi connectivity index (χ3v) is 3.33. The van der Waals surface area contributed by atoms with Gasteiger partial charge in [0.15, 0.2) is 6.23 Å². The van der Waals surface area contributed by atoms with Gasteiger partial charge in [-0.2, -0.15) is 0 Å². The van der Waals surface area contributed by atoms with Crippen LogP contribution in [0.15, 0.2) is 12.3 Å². The first-order valence-electron chi connectivity index (χ1n) is 5.22. The standard InChI is InChI=1S/C11H15NO4/c1-11(2)7-4-5-12(10(14)15-3)8(6-7)16-9(11)13/h4-5,7-8H,6H2,1-3H3/t7-,8-/m1/s1. The molecule has 16 heavy (non-hydrogen) atoms. The molecule has 0 aromatic heterocycles. The van der Waals surface area contributed by atoms with Gasteiger partial charge in [-0.25, -0.2) is 9.69 Å². The van der Waals surface area contributed by atoms with E-state index in [-0.39, 0.29) is 11.9 Å². The van der Waals surface area contributed by atoms with Crippen molar-refractivity contribution in [3.05, 3.63) is 12.3 Å². The van der Waals surface area contributed by atoms with Crippen LogP contribution < -0.4 is 0 Å². The first-order valence-corrected chi connectivity index (χ1v) is 5.22. The van der Waals surface area contributed by atoms with Gasteiger partial charge in [0.1, 0.15) is 0 Å². The van der Waals surface area contributed by atoms with Crippen molar-refractivity contribution in [2.24, 2.45) is 11.3 Å². The fourth-order valence-corrected chi connectivity index (χ4v) is 2.05. The van der Waals surface area contributed by atoms with Crippen molar-refractivity contribution in [2.45, 2.75) is 26.5 Å². The zero-order chi connectivity index (χ0) is 11.9. The molecule has 1 amide bonds. The number of carbonyl (C=O) groups is 2. The number of hydrogen-bond donors (Lipinski definition) is 0. The van der Waals surface area contributed by atoms with E-state index in [0.717, 1.165) is 0 Å². The smallest absolute Gasteiger partial charge is 0.416 e. The fourth-order valence-electron chi connectivity index (χ4n) is 2.05. The Morgan fingerprint density at radius 3 is 2.94 bits per heavy atom. The van der Waals surface area contributed by atoms with Crippen LogP contribution in [-0.2, 0) is 14.3 Å². The van der Waals surface area contributed by atoms with E-state index in [9.17, 15) is 9.59 Å². The van der Waals surface area contributed by atoms with Crippen LogP contribution in [0.3, 0.4) is 0 Å². The SMILES string of the molecule is COC(=O)N1C=C[C@@H]2C[C@H]1OC(=O)C2(C)C. The minimum absolute atomic E-state index is 0.111. The quantitative estimate of drug-likeness (QED) is 0.586. The van der Waals surface area contributed by atoms with Gasteiger partial charge in [0.25, 0.3) is 0 Å². The molecular formula is C11H15NO4. The van der Waals surface area contributed by atoms with Crippen molar-refractivity contribution in [2.75, 3.05) is 7.11 Å². The molecule has 1 fully saturated rings. The molecule has 5 heteroatoms. The van der Waals surface area contributed by atoms with Crippen LogP contribution in [0.1, 0.15) is 20.3 Å². The summed E-state index contributed by atoms with van der Waals surface area (Å²) in [5, 5.41) is 0. The lowest BCUT2D eigenvalue weighted by atomic mass is 9.74. The Kier molecular flexibility index (Phi) is 2.40. The average Bonchev–Trinajstić information content (AvgIpc) is 2.26. The molecule has 2 aliphatic heterocycles. The van der Waals surface area contributed by atoms with E-state index in [0.29, 0.717) is 6.42 Å². The van der Waals surface area contributed by atoms with Gasteiger partial charge in [-0.15, -0.1) is 0 Å². The number of carbonyl (C=O) groups excluding carboxylic acids is 2. The predicted octanol–water partition coefficient (Wildman–Crippen LogP) is 1.50. The first-order chi connectivity index (χ1) is 7.46. The molecule has 2 heterocycles. The number of amides is 1. The summed E-state index contributed by atoms with van der Waals surface area (Å²) in [6, 6.07) is 0. The molecule has 0 N–H and O–H groups in total. The maximum absolute atomic E-state index is 11.8. The van der Waals surface area contributed by atoms with E-state index in [1.807, 2.05) is 19.9 Å². The summed E-state index contributed by atoms with van der Waals surface area (Å²) in [6.45, 7) is 3.71. The molecule has 2 aliphatic rings. The molecule has 0 aromatic rings. The van der Waals surface area contributed by atoms with Crippen molar-refractivity contribution in [3.8, 4) is 0 Å². The lowest BCUT2D eigenvalue weighted by Gasteiger charge is -2.44. The molecule has 88 valence electrons. The molecular weight excluding hydrogens is 210 g/mol. The highest BCUT2D eigenvalue weighted by molar-refractivity contribution is 5.79. The van der Waals surface area contributed by atoms with Gasteiger partial charge < -0.3 is 9.47 Å². The van der Waals surface area contributed by atoms with E-state index in [1.165, 1.54) is 12.0 Å². The number of hydrogen-bond acceptors (Lipinski definition) is 4. The van der Waals surface area contributed by atoms with Crippen LogP contribution in [0.5, 0.6) is 0 Å². The maximum atomic E-state index is 11.8. The Bertz CT molecular complexity index is 361. The summed E-state index contributed by atoms with van der Waals surface area (Å²) < 4.78 is 9.86. The average molecular weight is 225 g/mol. The second kappa shape index (κ2) is 3.50. The Hall–Kier alpha value is -1.52. The summed E-state index contributed by atoms with van der Waals surface area (Å²) in [7, 11) is 1.30. The van der Waals surface area contributed by atoms with Crippen LogP contribution in [0.2, 0.25) is 0 Å². The van der Waals surface area contributed by atoms with Crippen LogP contribution >= 0.6 is 0 Å². The van der Waals surface area contributed by atoms with Gasteiger partial charge in [0.05, 0.1) is 12.5 Å². The highest BCUT2D eigenvalue weighted by Gasteiger charge is 2.48. The zero-order valence-electron chi connectivity index (χ0n) is 9.60. The monoisotopic (exact) mass is 225 g/mol. The fraction of sp³-hybridized carbons (Fsp3) is 0.636. The van der Waals surface area contributed by atoms with Crippen LogP contribution in [0.25, 0.3) is 0 Å². The topological polar surface area (TPSA) is 55.8 Å². The zero-order valence-corrected chi connectivity index (χ0v) is 9.60. The van der Waals surface area contributed by atoms with Crippen LogP contribution in [0, 0.1) is 11.3 Å². The predicted molar refractivity (Wildman–Crippen MR) is 55.2 cm³/mol. The lowest BCUT2D eigenvalue weighted by molar-refractivity contribution is -0.183. The Morgan fingerprint density at radius 1 is 1.62 bits per heavy atom. The minimum atomic E-state index is -0.525. The molecule has 5 nitrogen and oxygen atoms in total. The molecule has 0 aromatic carbocycles. The van der Waals surface area contributed by atoms with Gasteiger partial charge in [-0.3, -0.25) is 4.79 Å². The molecule has 2 rings (SSSR count). The van der Waals surface area contributed by atoms with Gasteiger partial charge in [-0.05, 0) is 19.8 Å². The molecule has 0 saturated carbocycles. The Labute approximate surface area is 94.0 Å². The molecule has 0 radical (unpaired) electrons. The number of ether oxygens (including phenoxy) is 2. The molecule has 0 aliphatic carbocycles. The number of fused-ring (bicyclic) bond motifs is 2. The summed E-state index contributed by atoms with van der Waals surface area (Å²) >= 11 is 0. The third kappa shape index (κ3) is 1.47. The number of allylic oxidation sites excluding steroid dienone is 1. The van der Waals surface area contributed by atoms with Gasteiger partial charge in [0.2, 0.25) is 0 Å². The molecule has 0 unspecified atom stereocenters. The molecule has 1 saturated heterocycles. The van der Waals surface area contributed by atoms with Crippen molar-refractivity contribution >= 4 is 12.1 Å². The second-order valence-corrected chi connectivity index (χ2v) is 4.64. The van der Waals surface area contributed by atoms with Crippen molar-refractivity contribution in [1.29, 1.82) is 0 Å². The van der Waals surface area contributed by atoms with E-state index in [2.05, 4.69) is 4.74 Å². The van der Waals surface area contributed by atoms with Crippen LogP contribution in [-0.4, -0.2) is 30.3 Å². The second-order valence-electron chi connectivity index (χ2n) is 4.64. The Morgan fingerprint density at radius 2 is 2.31 bits per heavy atom. The summed E-state index contributed by atoms with van der Waals surface area (Å²) in [5.41, 5.74) is -0.519. The van der Waals surface area contributed by atoms with Gasteiger partial charge >= 0.3 is 12.1 Å². The minimum Gasteiger partial charge on any atom is -0.452 e. The maximum Gasteiger partial charge on any atom is 0.416 e. The van der Waals surface area contributed by atoms with Gasteiger partial charge in [0, 0.05) is 12.6 Å². The normalized spacial score (nSPS) is 30.9. The lowest BCUT2D eigenvalue weighted by Crippen LogP contribution is -2.52. The number of rotatable bonds is 0. The third-order valence-electron chi connectivity index (χ3n) is 3.33. The van der Waals surface area contributed by atoms with Crippen molar-refractivity contribution in [3.63, 3.8) is 0 Å². The molecule has 2 atom stereocenters. The first kappa shape index (κ1) is 11.0. The Balaban J connectivity index is 2.27. The highest BCUT2D eigenvalue weighted by Crippen LogP contribution is 2.41. The van der Waals surface area contributed by atoms with Crippen LogP contribution in [0.4, 0.5) is 4.79 Å². The summed E-state index contributed by atoms with van der Waals surface area (Å²) in [6.07, 6.45) is 3.10. The van der Waals surface area contributed by atoms with Crippen molar-refractivity contribution in [1.82, 2.24) is 4.90 Å². The molecule has 2 bridgehead atoms. The molecule has 0 spiro atoms. The van der Waals surface area contributed by atoms with E-state index in [1.54, 1.807) is 6.20 Å². The van der Waals surface area contributed by atoms with E-state index in [4.69, 9.17) is 4.74 Å². The number of esters is 1. The largest absolute Gasteiger partial charge is 0.452 e. The summed E-state index contributed by atoms with van der Waals surface area (Å²) in [4.78, 5) is 24.5.